The SMILES string of the molecule is FC(F)(F)c1c2nc(c(C(F)(F)F)c3ccc([nH]3)c(C(F)(F)F)c3cc(C#Cc4ccccc4)c([nH]3)c(C(F)(F)F)c3nc1C=C3)C=C2. The Morgan fingerprint density at radius 3 is 1.42 bits per heavy atom. The minimum absolute atomic E-state index is 0.252. The standard InChI is InChI=1S/C32H14F12N4/c33-29(34,35)24-17-8-9-18(45-17)25(30(36,37)38)20-12-13-22(47-20)27(32(42,43)44)28-16(7-6-15-4-2-1-3-5-15)14-23(48-28)26(31(39,40)41)21-11-10-19(24)46-21/h1-5,8-14,46,48H. The zero-order valence-corrected chi connectivity index (χ0v) is 23.4. The first-order valence-corrected chi connectivity index (χ1v) is 13.4. The highest BCUT2D eigenvalue weighted by atomic mass is 19.4. The van der Waals surface area contributed by atoms with Crippen LogP contribution in [0.25, 0.3) is 46.4 Å². The van der Waals surface area contributed by atoms with E-state index in [9.17, 15) is 52.7 Å². The molecule has 5 heterocycles. The lowest BCUT2D eigenvalue weighted by Gasteiger charge is -2.10. The molecule has 0 aliphatic carbocycles. The van der Waals surface area contributed by atoms with Crippen LogP contribution in [0, 0.1) is 11.8 Å². The Hall–Kier alpha value is -5.46. The molecule has 16 heteroatoms. The summed E-state index contributed by atoms with van der Waals surface area (Å²) in [5.74, 6) is 4.91. The van der Waals surface area contributed by atoms with Crippen LogP contribution < -0.4 is 0 Å². The van der Waals surface area contributed by atoms with Crippen LogP contribution in [0.15, 0.2) is 48.5 Å². The van der Waals surface area contributed by atoms with Crippen LogP contribution in [0.3, 0.4) is 0 Å². The topological polar surface area (TPSA) is 57.4 Å². The van der Waals surface area contributed by atoms with Crippen molar-refractivity contribution in [3.63, 3.8) is 0 Å². The first-order valence-electron chi connectivity index (χ1n) is 13.4. The minimum Gasteiger partial charge on any atom is -0.354 e. The molecule has 0 atom stereocenters. The summed E-state index contributed by atoms with van der Waals surface area (Å²) in [6, 6.07) is 9.41. The van der Waals surface area contributed by atoms with Gasteiger partial charge in [0.05, 0.1) is 50.4 Å². The van der Waals surface area contributed by atoms with E-state index in [4.69, 9.17) is 0 Å². The molecule has 0 saturated carbocycles. The average Bonchev–Trinajstić information content (AvgIpc) is 3.76. The third-order valence-electron chi connectivity index (χ3n) is 7.12. The molecular formula is C32H14F12N4. The van der Waals surface area contributed by atoms with E-state index in [0.29, 0.717) is 42.5 Å². The smallest absolute Gasteiger partial charge is 0.354 e. The molecule has 3 aromatic heterocycles. The molecule has 6 rings (SSSR count). The highest BCUT2D eigenvalue weighted by molar-refractivity contribution is 5.86. The number of alkyl halides is 12. The molecular weight excluding hydrogens is 668 g/mol. The molecule has 0 unspecified atom stereocenters. The van der Waals surface area contributed by atoms with Crippen LogP contribution in [-0.4, -0.2) is 19.9 Å². The van der Waals surface area contributed by atoms with Crippen molar-refractivity contribution in [2.45, 2.75) is 24.7 Å². The van der Waals surface area contributed by atoms with Crippen LogP contribution in [0.1, 0.15) is 56.2 Å². The Bertz CT molecular complexity index is 2230. The van der Waals surface area contributed by atoms with Gasteiger partial charge in [-0.15, -0.1) is 0 Å². The maximum atomic E-state index is 14.8. The lowest BCUT2D eigenvalue weighted by atomic mass is 10.1. The molecule has 48 heavy (non-hydrogen) atoms. The van der Waals surface area contributed by atoms with Crippen molar-refractivity contribution in [1.82, 2.24) is 19.9 Å². The van der Waals surface area contributed by atoms with Crippen LogP contribution in [0.4, 0.5) is 52.7 Å². The summed E-state index contributed by atoms with van der Waals surface area (Å²) in [5, 5.41) is 0. The lowest BCUT2D eigenvalue weighted by Crippen LogP contribution is -2.11. The van der Waals surface area contributed by atoms with Crippen molar-refractivity contribution >= 4 is 46.4 Å². The molecule has 2 N–H and O–H groups in total. The van der Waals surface area contributed by atoms with Gasteiger partial charge in [-0.3, -0.25) is 0 Å². The molecule has 246 valence electrons. The number of nitrogens with zero attached hydrogens (tertiary/aromatic N) is 2. The number of aromatic nitrogens is 4. The largest absolute Gasteiger partial charge is 0.420 e. The molecule has 1 aromatic carbocycles. The van der Waals surface area contributed by atoms with Crippen molar-refractivity contribution in [3.05, 3.63) is 105 Å². The Balaban J connectivity index is 1.90. The van der Waals surface area contributed by atoms with Gasteiger partial charge in [0.15, 0.2) is 0 Å². The third-order valence-corrected chi connectivity index (χ3v) is 7.12. The van der Waals surface area contributed by atoms with E-state index in [1.165, 1.54) is 24.3 Å². The van der Waals surface area contributed by atoms with Crippen molar-refractivity contribution < 1.29 is 52.7 Å². The van der Waals surface area contributed by atoms with Gasteiger partial charge in [-0.05, 0) is 54.6 Å². The summed E-state index contributed by atoms with van der Waals surface area (Å²) in [4.78, 5) is 11.0. The maximum Gasteiger partial charge on any atom is 0.420 e. The highest BCUT2D eigenvalue weighted by Gasteiger charge is 2.42. The van der Waals surface area contributed by atoms with Crippen molar-refractivity contribution in [3.8, 4) is 11.8 Å². The molecule has 2 aliphatic heterocycles. The maximum absolute atomic E-state index is 14.8. The molecule has 8 bridgehead atoms. The van der Waals surface area contributed by atoms with Gasteiger partial charge in [-0.2, -0.15) is 52.7 Å². The van der Waals surface area contributed by atoms with E-state index in [1.807, 2.05) is 9.97 Å². The number of rotatable bonds is 0. The number of aromatic amines is 2. The number of H-pyrrole nitrogens is 2. The number of hydrogen-bond donors (Lipinski definition) is 2. The van der Waals surface area contributed by atoms with Crippen LogP contribution >= 0.6 is 0 Å². The van der Waals surface area contributed by atoms with Crippen LogP contribution in [0.2, 0.25) is 0 Å². The summed E-state index contributed by atoms with van der Waals surface area (Å²) in [5.41, 5.74) is -15.9. The minimum atomic E-state index is -5.42. The normalized spacial score (nSPS) is 13.5. The van der Waals surface area contributed by atoms with E-state index < -0.39 is 97.4 Å². The van der Waals surface area contributed by atoms with E-state index in [0.717, 1.165) is 0 Å². The number of benzene rings is 1. The third kappa shape index (κ3) is 6.03. The van der Waals surface area contributed by atoms with Gasteiger partial charge in [0.1, 0.15) is 22.3 Å². The first-order chi connectivity index (χ1) is 22.3. The van der Waals surface area contributed by atoms with E-state index in [-0.39, 0.29) is 5.56 Å². The molecule has 0 saturated heterocycles. The molecule has 0 amide bonds. The fourth-order valence-corrected chi connectivity index (χ4v) is 5.24. The number of hydrogen-bond acceptors (Lipinski definition) is 2. The molecule has 0 spiro atoms. The summed E-state index contributed by atoms with van der Waals surface area (Å²) < 4.78 is 174. The van der Waals surface area contributed by atoms with Crippen molar-refractivity contribution in [1.29, 1.82) is 0 Å². The zero-order chi connectivity index (χ0) is 34.8. The monoisotopic (exact) mass is 682 g/mol. The second-order valence-corrected chi connectivity index (χ2v) is 10.3. The van der Waals surface area contributed by atoms with Gasteiger partial charge in [0, 0.05) is 5.56 Å². The molecule has 0 radical (unpaired) electrons. The predicted molar refractivity (Wildman–Crippen MR) is 151 cm³/mol. The lowest BCUT2D eigenvalue weighted by molar-refractivity contribution is -0.138. The van der Waals surface area contributed by atoms with Crippen LogP contribution in [0.5, 0.6) is 0 Å². The first kappa shape index (κ1) is 32.5. The second-order valence-electron chi connectivity index (χ2n) is 10.3. The quantitative estimate of drug-likeness (QED) is 0.124. The Kier molecular flexibility index (Phi) is 7.49. The molecule has 4 aromatic rings. The van der Waals surface area contributed by atoms with Gasteiger partial charge in [0.25, 0.3) is 0 Å². The zero-order valence-electron chi connectivity index (χ0n) is 23.4. The van der Waals surface area contributed by atoms with E-state index >= 15 is 0 Å². The van der Waals surface area contributed by atoms with Gasteiger partial charge in [0.2, 0.25) is 0 Å². The van der Waals surface area contributed by atoms with Gasteiger partial charge in [-0.25, -0.2) is 9.97 Å². The van der Waals surface area contributed by atoms with E-state index in [2.05, 4.69) is 21.8 Å². The number of fused-ring (bicyclic) bond motifs is 8. The Morgan fingerprint density at radius 2 is 0.917 bits per heavy atom. The average molecular weight is 682 g/mol. The fraction of sp³-hybridized carbons (Fsp3) is 0.125. The second kappa shape index (κ2) is 11.1. The Labute approximate surface area is 260 Å². The summed E-state index contributed by atoms with van der Waals surface area (Å²) in [6.07, 6.45) is -19.3. The number of nitrogens with one attached hydrogen (secondary N) is 2. The van der Waals surface area contributed by atoms with Gasteiger partial charge in [-0.1, -0.05) is 30.0 Å². The van der Waals surface area contributed by atoms with Crippen molar-refractivity contribution in [2.75, 3.05) is 0 Å². The van der Waals surface area contributed by atoms with Crippen LogP contribution in [-0.2, 0) is 24.7 Å². The molecule has 2 aliphatic rings. The van der Waals surface area contributed by atoms with Crippen molar-refractivity contribution in [2.24, 2.45) is 0 Å². The molecule has 4 nitrogen and oxygen atoms in total. The number of halogens is 12. The summed E-state index contributed by atoms with van der Waals surface area (Å²) in [7, 11) is 0. The van der Waals surface area contributed by atoms with Gasteiger partial charge >= 0.3 is 24.7 Å². The van der Waals surface area contributed by atoms with Gasteiger partial charge < -0.3 is 9.97 Å². The predicted octanol–water partition coefficient (Wildman–Crippen LogP) is 10.1. The summed E-state index contributed by atoms with van der Waals surface area (Å²) >= 11 is 0. The highest BCUT2D eigenvalue weighted by Crippen LogP contribution is 2.43. The van der Waals surface area contributed by atoms with E-state index in [1.54, 1.807) is 6.07 Å². The summed E-state index contributed by atoms with van der Waals surface area (Å²) in [6.45, 7) is 0. The molecule has 0 fully saturated rings. The fourth-order valence-electron chi connectivity index (χ4n) is 5.24. The Morgan fingerprint density at radius 1 is 0.458 bits per heavy atom.